The van der Waals surface area contributed by atoms with Crippen molar-refractivity contribution in [2.45, 2.75) is 59.9 Å². The van der Waals surface area contributed by atoms with Crippen LogP contribution in [0.2, 0.25) is 0 Å². The number of nitrogens with one attached hydrogen (secondary N) is 1. The van der Waals surface area contributed by atoms with E-state index in [0.717, 1.165) is 38.2 Å². The molecule has 45 heavy (non-hydrogen) atoms. The number of aromatic nitrogens is 5. The Kier molecular flexibility index (Phi) is 6.92. The van der Waals surface area contributed by atoms with E-state index in [1.807, 2.05) is 22.9 Å². The zero-order valence-corrected chi connectivity index (χ0v) is 26.4. The number of ether oxygens (including phenoxy) is 1. The highest BCUT2D eigenvalue weighted by Gasteiger charge is 2.37. The molecular formula is C33H38N8O4. The molecule has 4 aromatic rings. The minimum Gasteiger partial charge on any atom is -0.461 e. The van der Waals surface area contributed by atoms with Gasteiger partial charge in [0.25, 0.3) is 11.5 Å². The zero-order chi connectivity index (χ0) is 31.6. The van der Waals surface area contributed by atoms with E-state index in [-0.39, 0.29) is 23.5 Å². The fraction of sp³-hybridized carbons (Fsp3) is 0.424. The van der Waals surface area contributed by atoms with Crippen LogP contribution >= 0.6 is 0 Å². The van der Waals surface area contributed by atoms with Crippen LogP contribution in [0.1, 0.15) is 53.8 Å². The first-order valence-corrected chi connectivity index (χ1v) is 15.4. The molecule has 0 fully saturated rings. The lowest BCUT2D eigenvalue weighted by Gasteiger charge is -2.31. The number of hydrogen-bond acceptors (Lipinski definition) is 8. The predicted molar refractivity (Wildman–Crippen MR) is 170 cm³/mol. The van der Waals surface area contributed by atoms with Gasteiger partial charge in [0.2, 0.25) is 0 Å². The standard InChI is InChI=1S/C33H38N8O4/c1-20(42)45-19-25-24(22-12-26(31(43)38(5)17-22)35-29-14-23-18-37(4)8-11-41(23)36-29)6-7-34-30(25)40-10-9-39-27(32(40)44)13-21-15-33(2,3)16-28(21)39/h6-7,12-14,17H,8-11,15-16,18-19H2,1-5H3,(H,35,36). The Balaban J connectivity index is 1.26. The van der Waals surface area contributed by atoms with Gasteiger partial charge in [-0.3, -0.25) is 28.9 Å². The Morgan fingerprint density at radius 1 is 1.07 bits per heavy atom. The monoisotopic (exact) mass is 610 g/mol. The molecule has 1 aliphatic carbocycles. The lowest BCUT2D eigenvalue weighted by molar-refractivity contribution is -0.142. The van der Waals surface area contributed by atoms with Crippen LogP contribution in [-0.2, 0) is 55.7 Å². The van der Waals surface area contributed by atoms with Gasteiger partial charge in [0.1, 0.15) is 23.8 Å². The van der Waals surface area contributed by atoms with Gasteiger partial charge in [0, 0.05) is 75.4 Å². The molecule has 3 aliphatic rings. The summed E-state index contributed by atoms with van der Waals surface area (Å²) in [5.74, 6) is 0.480. The van der Waals surface area contributed by atoms with Crippen LogP contribution in [0.5, 0.6) is 0 Å². The van der Waals surface area contributed by atoms with Crippen LogP contribution in [0, 0.1) is 5.41 Å². The fourth-order valence-corrected chi connectivity index (χ4v) is 6.96. The minimum atomic E-state index is -0.439. The number of anilines is 3. The number of amides is 1. The smallest absolute Gasteiger partial charge is 0.302 e. The highest BCUT2D eigenvalue weighted by molar-refractivity contribution is 6.06. The van der Waals surface area contributed by atoms with Crippen molar-refractivity contribution in [1.29, 1.82) is 0 Å². The van der Waals surface area contributed by atoms with E-state index < -0.39 is 5.97 Å². The van der Waals surface area contributed by atoms with Crippen LogP contribution in [0.15, 0.2) is 41.5 Å². The summed E-state index contributed by atoms with van der Waals surface area (Å²) in [5, 5.41) is 7.90. The van der Waals surface area contributed by atoms with Gasteiger partial charge in [-0.25, -0.2) is 4.98 Å². The van der Waals surface area contributed by atoms with E-state index in [1.54, 1.807) is 30.4 Å². The molecular weight excluding hydrogens is 572 g/mol. The van der Waals surface area contributed by atoms with Crippen LogP contribution in [0.25, 0.3) is 11.1 Å². The molecule has 0 atom stereocenters. The number of nitrogens with zero attached hydrogens (tertiary/aromatic N) is 7. The lowest BCUT2D eigenvalue weighted by Crippen LogP contribution is -2.41. The van der Waals surface area contributed by atoms with Crippen molar-refractivity contribution in [3.63, 3.8) is 0 Å². The van der Waals surface area contributed by atoms with Crippen molar-refractivity contribution in [3.8, 4) is 11.1 Å². The minimum absolute atomic E-state index is 0.0732. The van der Waals surface area contributed by atoms with E-state index in [0.29, 0.717) is 52.8 Å². The summed E-state index contributed by atoms with van der Waals surface area (Å²) in [6.45, 7) is 9.38. The molecule has 2 aliphatic heterocycles. The number of rotatable bonds is 6. The molecule has 1 N–H and O–H groups in total. The number of aryl methyl sites for hydroxylation is 1. The average molecular weight is 611 g/mol. The van der Waals surface area contributed by atoms with E-state index in [4.69, 9.17) is 4.74 Å². The molecule has 4 aromatic heterocycles. The molecule has 0 radical (unpaired) electrons. The summed E-state index contributed by atoms with van der Waals surface area (Å²) in [6.07, 6.45) is 5.29. The third-order valence-electron chi connectivity index (χ3n) is 9.08. The molecule has 0 bridgehead atoms. The second-order valence-electron chi connectivity index (χ2n) is 13.2. The summed E-state index contributed by atoms with van der Waals surface area (Å²) in [4.78, 5) is 47.8. The molecule has 7 rings (SSSR count). The maximum absolute atomic E-state index is 14.0. The molecule has 234 valence electrons. The third-order valence-corrected chi connectivity index (χ3v) is 9.08. The normalized spacial score (nSPS) is 17.2. The fourth-order valence-electron chi connectivity index (χ4n) is 6.96. The van der Waals surface area contributed by atoms with Gasteiger partial charge in [-0.05, 0) is 54.6 Å². The maximum atomic E-state index is 14.0. The quantitative estimate of drug-likeness (QED) is 0.330. The number of carbonyl (C=O) groups is 2. The Labute approximate surface area is 261 Å². The number of carbonyl (C=O) groups excluding carboxylic acids is 2. The molecule has 0 saturated heterocycles. The van der Waals surface area contributed by atoms with Crippen LogP contribution < -0.4 is 15.8 Å². The molecule has 0 unspecified atom stereocenters. The number of pyridine rings is 2. The first-order valence-electron chi connectivity index (χ1n) is 15.4. The number of esters is 1. The summed E-state index contributed by atoms with van der Waals surface area (Å²) < 4.78 is 11.1. The van der Waals surface area contributed by atoms with Gasteiger partial charge in [0.05, 0.1) is 12.2 Å². The second kappa shape index (κ2) is 10.7. The maximum Gasteiger partial charge on any atom is 0.302 e. The molecule has 1 amide bonds. The van der Waals surface area contributed by atoms with Gasteiger partial charge in [-0.2, -0.15) is 5.10 Å². The largest absolute Gasteiger partial charge is 0.461 e. The third kappa shape index (κ3) is 5.22. The zero-order valence-electron chi connectivity index (χ0n) is 26.4. The molecule has 12 heteroatoms. The topological polar surface area (TPSA) is 120 Å². The van der Waals surface area contributed by atoms with Crippen molar-refractivity contribution < 1.29 is 14.3 Å². The van der Waals surface area contributed by atoms with Gasteiger partial charge < -0.3 is 19.2 Å². The highest BCUT2D eigenvalue weighted by atomic mass is 16.5. The lowest BCUT2D eigenvalue weighted by atomic mass is 9.90. The van der Waals surface area contributed by atoms with Crippen molar-refractivity contribution in [3.05, 3.63) is 75.2 Å². The number of hydrogen-bond donors (Lipinski definition) is 1. The van der Waals surface area contributed by atoms with E-state index in [1.165, 1.54) is 22.7 Å². The van der Waals surface area contributed by atoms with Gasteiger partial charge in [0.15, 0.2) is 5.82 Å². The van der Waals surface area contributed by atoms with Gasteiger partial charge >= 0.3 is 5.97 Å². The van der Waals surface area contributed by atoms with E-state index >= 15 is 0 Å². The summed E-state index contributed by atoms with van der Waals surface area (Å²) in [6, 6.07) is 7.60. The predicted octanol–water partition coefficient (Wildman–Crippen LogP) is 3.48. The highest BCUT2D eigenvalue weighted by Crippen LogP contribution is 2.40. The Morgan fingerprint density at radius 3 is 2.69 bits per heavy atom. The van der Waals surface area contributed by atoms with E-state index in [9.17, 15) is 14.4 Å². The Bertz CT molecular complexity index is 1920. The summed E-state index contributed by atoms with van der Waals surface area (Å²) in [5.41, 5.74) is 6.59. The first-order chi connectivity index (χ1) is 21.5. The number of likely N-dealkylation sites (N-methyl/N-ethyl adjacent to an activating group) is 1. The number of fused-ring (bicyclic) bond motifs is 4. The molecule has 6 heterocycles. The Hall–Kier alpha value is -4.71. The van der Waals surface area contributed by atoms with E-state index in [2.05, 4.69) is 45.8 Å². The average Bonchev–Trinajstić information content (AvgIpc) is 3.63. The molecule has 0 aromatic carbocycles. The SMILES string of the molecule is CC(=O)OCc1c(-c2cc(Nc3cc4n(n3)CCN(C)C4)c(=O)n(C)c2)ccnc1N1CCn2c(cc3c2CC(C)(C)C3)C1=O. The molecule has 0 saturated carbocycles. The molecule has 0 spiro atoms. The second-order valence-corrected chi connectivity index (χ2v) is 13.2. The van der Waals surface area contributed by atoms with Crippen molar-refractivity contribution in [2.24, 2.45) is 12.5 Å². The van der Waals surface area contributed by atoms with Crippen molar-refractivity contribution in [1.82, 2.24) is 28.8 Å². The Morgan fingerprint density at radius 2 is 1.89 bits per heavy atom. The van der Waals surface area contributed by atoms with Gasteiger partial charge in [-0.1, -0.05) is 13.8 Å². The van der Waals surface area contributed by atoms with Crippen LogP contribution in [-0.4, -0.2) is 60.8 Å². The van der Waals surface area contributed by atoms with Crippen molar-refractivity contribution >= 4 is 29.2 Å². The summed E-state index contributed by atoms with van der Waals surface area (Å²) >= 11 is 0. The molecule has 12 nitrogen and oxygen atoms in total. The van der Waals surface area contributed by atoms with Crippen LogP contribution in [0.4, 0.5) is 17.3 Å². The van der Waals surface area contributed by atoms with Gasteiger partial charge in [-0.15, -0.1) is 0 Å². The van der Waals surface area contributed by atoms with Crippen LogP contribution in [0.3, 0.4) is 0 Å². The summed E-state index contributed by atoms with van der Waals surface area (Å²) in [7, 11) is 3.77. The van der Waals surface area contributed by atoms with Crippen molar-refractivity contribution in [2.75, 3.05) is 30.4 Å². The first kappa shape index (κ1) is 29.0.